The molecular weight excluding hydrogens is 360 g/mol. The first-order valence-corrected chi connectivity index (χ1v) is 10.2. The Morgan fingerprint density at radius 1 is 1.20 bits per heavy atom. The second-order valence-corrected chi connectivity index (χ2v) is 7.66. The molecule has 0 unspecified atom stereocenters. The molecule has 25 heavy (non-hydrogen) atoms. The van der Waals surface area contributed by atoms with Crippen LogP contribution in [0.25, 0.3) is 0 Å². The topological polar surface area (TPSA) is 84.5 Å². The van der Waals surface area contributed by atoms with Crippen LogP contribution in [-0.2, 0) is 14.8 Å². The van der Waals surface area contributed by atoms with E-state index in [1.807, 2.05) is 12.3 Å². The van der Waals surface area contributed by atoms with Crippen LogP contribution in [-0.4, -0.2) is 27.7 Å². The number of carbonyl (C=O) groups excluding carboxylic acids is 1. The second kappa shape index (κ2) is 8.26. The molecule has 2 aromatic rings. The molecule has 0 atom stereocenters. The van der Waals surface area contributed by atoms with Crippen molar-refractivity contribution in [3.05, 3.63) is 42.5 Å². The second-order valence-electron chi connectivity index (χ2n) is 5.10. The van der Waals surface area contributed by atoms with Crippen molar-refractivity contribution < 1.29 is 17.9 Å². The third-order valence-corrected chi connectivity index (χ3v) is 5.50. The molecule has 2 aromatic carbocycles. The number of amides is 1. The van der Waals surface area contributed by atoms with E-state index < -0.39 is 10.0 Å². The fourth-order valence-corrected chi connectivity index (χ4v) is 3.63. The average Bonchev–Trinajstić information content (AvgIpc) is 2.61. The molecule has 0 fully saturated rings. The number of thioether (sulfide) groups is 1. The predicted molar refractivity (Wildman–Crippen MR) is 101 cm³/mol. The van der Waals surface area contributed by atoms with Gasteiger partial charge in [0.05, 0.1) is 17.7 Å². The Balaban J connectivity index is 2.34. The summed E-state index contributed by atoms with van der Waals surface area (Å²) in [5, 5.41) is 2.65. The number of methoxy groups -OCH3 is 1. The smallest absolute Gasteiger partial charge is 0.261 e. The van der Waals surface area contributed by atoms with Crippen LogP contribution in [0.5, 0.6) is 5.75 Å². The van der Waals surface area contributed by atoms with Crippen molar-refractivity contribution in [3.8, 4) is 5.75 Å². The molecule has 6 nitrogen and oxygen atoms in total. The summed E-state index contributed by atoms with van der Waals surface area (Å²) in [6.45, 7) is 1.71. The van der Waals surface area contributed by atoms with E-state index in [2.05, 4.69) is 10.0 Å². The molecule has 2 N–H and O–H groups in total. The van der Waals surface area contributed by atoms with Crippen LogP contribution in [0, 0.1) is 0 Å². The summed E-state index contributed by atoms with van der Waals surface area (Å²) in [5.74, 6) is 0.165. The number of nitrogens with one attached hydrogen (secondary N) is 2. The van der Waals surface area contributed by atoms with Crippen LogP contribution in [0.1, 0.15) is 13.3 Å². The number of carbonyl (C=O) groups is 1. The molecule has 0 aliphatic heterocycles. The van der Waals surface area contributed by atoms with Crippen LogP contribution >= 0.6 is 11.8 Å². The highest BCUT2D eigenvalue weighted by Gasteiger charge is 2.17. The van der Waals surface area contributed by atoms with Gasteiger partial charge in [-0.1, -0.05) is 13.0 Å². The van der Waals surface area contributed by atoms with Crippen molar-refractivity contribution in [2.45, 2.75) is 23.1 Å². The van der Waals surface area contributed by atoms with E-state index in [4.69, 9.17) is 4.74 Å². The van der Waals surface area contributed by atoms with Crippen molar-refractivity contribution in [3.63, 3.8) is 0 Å². The van der Waals surface area contributed by atoms with Crippen molar-refractivity contribution in [2.24, 2.45) is 0 Å². The quantitative estimate of drug-likeness (QED) is 0.718. The largest absolute Gasteiger partial charge is 0.495 e. The number of sulfonamides is 1. The first-order chi connectivity index (χ1) is 11.9. The van der Waals surface area contributed by atoms with E-state index in [-0.39, 0.29) is 17.2 Å². The number of rotatable bonds is 7. The third-order valence-electron chi connectivity index (χ3n) is 3.40. The summed E-state index contributed by atoms with van der Waals surface area (Å²) in [7, 11) is -2.34. The Labute approximate surface area is 152 Å². The lowest BCUT2D eigenvalue weighted by Crippen LogP contribution is -2.15. The maximum absolute atomic E-state index is 12.6. The zero-order valence-corrected chi connectivity index (χ0v) is 15.8. The SMILES string of the molecule is CCC(=O)Nc1cc(S(=O)(=O)Nc2cccc(SC)c2)ccc1OC. The fraction of sp³-hybridized carbons (Fsp3) is 0.235. The lowest BCUT2D eigenvalue weighted by atomic mass is 10.3. The monoisotopic (exact) mass is 380 g/mol. The van der Waals surface area contributed by atoms with Crippen molar-refractivity contribution >= 4 is 39.1 Å². The van der Waals surface area contributed by atoms with E-state index in [1.54, 1.807) is 25.1 Å². The molecular formula is C17H20N2O4S2. The van der Waals surface area contributed by atoms with E-state index >= 15 is 0 Å². The molecule has 2 rings (SSSR count). The van der Waals surface area contributed by atoms with Crippen LogP contribution in [0.3, 0.4) is 0 Å². The Bertz CT molecular complexity index is 867. The van der Waals surface area contributed by atoms with Gasteiger partial charge in [-0.25, -0.2) is 8.42 Å². The van der Waals surface area contributed by atoms with Crippen LogP contribution in [0.2, 0.25) is 0 Å². The van der Waals surface area contributed by atoms with E-state index in [0.717, 1.165) is 4.90 Å². The van der Waals surface area contributed by atoms with Gasteiger partial charge in [-0.3, -0.25) is 9.52 Å². The zero-order valence-electron chi connectivity index (χ0n) is 14.2. The summed E-state index contributed by atoms with van der Waals surface area (Å²) in [4.78, 5) is 12.6. The molecule has 1 amide bonds. The standard InChI is InChI=1S/C17H20N2O4S2/c1-4-17(20)18-15-11-14(8-9-16(15)23-2)25(21,22)19-12-6-5-7-13(10-12)24-3/h5-11,19H,4H2,1-3H3,(H,18,20). The highest BCUT2D eigenvalue weighted by atomic mass is 32.2. The molecule has 0 aromatic heterocycles. The Hall–Kier alpha value is -2.19. The molecule has 0 aliphatic carbocycles. The van der Waals surface area contributed by atoms with Gasteiger partial charge in [-0.2, -0.15) is 0 Å². The van der Waals surface area contributed by atoms with Crippen molar-refractivity contribution in [2.75, 3.05) is 23.4 Å². The van der Waals surface area contributed by atoms with Gasteiger partial charge in [0.15, 0.2) is 0 Å². The molecule has 0 saturated carbocycles. The Morgan fingerprint density at radius 3 is 2.60 bits per heavy atom. The number of ether oxygens (including phenoxy) is 1. The third kappa shape index (κ3) is 4.90. The van der Waals surface area contributed by atoms with Gasteiger partial charge in [0, 0.05) is 17.0 Å². The first-order valence-electron chi connectivity index (χ1n) is 7.54. The first kappa shape index (κ1) is 19.1. The van der Waals surface area contributed by atoms with Crippen LogP contribution in [0.15, 0.2) is 52.3 Å². The molecule has 0 saturated heterocycles. The minimum Gasteiger partial charge on any atom is -0.495 e. The molecule has 8 heteroatoms. The molecule has 0 aliphatic rings. The Kier molecular flexibility index (Phi) is 6.33. The molecule has 0 heterocycles. The fourth-order valence-electron chi connectivity index (χ4n) is 2.09. The summed E-state index contributed by atoms with van der Waals surface area (Å²) >= 11 is 1.52. The van der Waals surface area contributed by atoms with Gasteiger partial charge >= 0.3 is 0 Å². The van der Waals surface area contributed by atoms with Gasteiger partial charge in [0.2, 0.25) is 5.91 Å². The summed E-state index contributed by atoms with van der Waals surface area (Å²) in [6.07, 6.45) is 2.19. The van der Waals surface area contributed by atoms with Gasteiger partial charge in [0.25, 0.3) is 10.0 Å². The van der Waals surface area contributed by atoms with Gasteiger partial charge in [-0.05, 0) is 42.7 Å². The van der Waals surface area contributed by atoms with E-state index in [1.165, 1.54) is 37.1 Å². The average molecular weight is 380 g/mol. The van der Waals surface area contributed by atoms with Gasteiger partial charge in [0.1, 0.15) is 5.75 Å². The lowest BCUT2D eigenvalue weighted by Gasteiger charge is -2.13. The predicted octanol–water partition coefficient (Wildman–Crippen LogP) is 3.57. The summed E-state index contributed by atoms with van der Waals surface area (Å²) in [6, 6.07) is 11.4. The van der Waals surface area contributed by atoms with Crippen molar-refractivity contribution in [1.82, 2.24) is 0 Å². The van der Waals surface area contributed by atoms with Gasteiger partial charge < -0.3 is 10.1 Å². The highest BCUT2D eigenvalue weighted by Crippen LogP contribution is 2.29. The number of benzene rings is 2. The highest BCUT2D eigenvalue weighted by molar-refractivity contribution is 7.98. The van der Waals surface area contributed by atoms with Crippen LogP contribution < -0.4 is 14.8 Å². The van der Waals surface area contributed by atoms with E-state index in [0.29, 0.717) is 17.1 Å². The van der Waals surface area contributed by atoms with Crippen molar-refractivity contribution in [1.29, 1.82) is 0 Å². The number of anilines is 2. The summed E-state index contributed by atoms with van der Waals surface area (Å²) in [5.41, 5.74) is 0.789. The number of hydrogen-bond donors (Lipinski definition) is 2. The summed E-state index contributed by atoms with van der Waals surface area (Å²) < 4.78 is 33.0. The normalized spacial score (nSPS) is 11.0. The lowest BCUT2D eigenvalue weighted by molar-refractivity contribution is -0.115. The maximum Gasteiger partial charge on any atom is 0.261 e. The zero-order chi connectivity index (χ0) is 18.4. The minimum absolute atomic E-state index is 0.0363. The Morgan fingerprint density at radius 2 is 1.96 bits per heavy atom. The number of hydrogen-bond acceptors (Lipinski definition) is 5. The van der Waals surface area contributed by atoms with Crippen LogP contribution in [0.4, 0.5) is 11.4 Å². The van der Waals surface area contributed by atoms with E-state index in [9.17, 15) is 13.2 Å². The maximum atomic E-state index is 12.6. The molecule has 0 radical (unpaired) electrons. The van der Waals surface area contributed by atoms with Gasteiger partial charge in [-0.15, -0.1) is 11.8 Å². The minimum atomic E-state index is -3.79. The molecule has 134 valence electrons. The molecule has 0 spiro atoms. The molecule has 0 bridgehead atoms.